The van der Waals surface area contributed by atoms with Gasteiger partial charge in [-0.05, 0) is 5.56 Å². The van der Waals surface area contributed by atoms with E-state index in [-0.39, 0.29) is 5.75 Å². The molecule has 0 radical (unpaired) electrons. The molecule has 0 heterocycles. The number of nitrogens with one attached hydrogen (secondary N) is 1. The maximum Gasteiger partial charge on any atom is 0.148 e. The molecule has 1 aromatic carbocycles. The number of benzene rings is 1. The lowest BCUT2D eigenvalue weighted by Crippen LogP contribution is -2.21. The molecule has 0 fully saturated rings. The molecule has 0 atom stereocenters. The average Bonchev–Trinajstić information content (AvgIpc) is 2.13. The Morgan fingerprint density at radius 1 is 1.21 bits per heavy atom. The van der Waals surface area contributed by atoms with Gasteiger partial charge in [-0.1, -0.05) is 30.3 Å². The van der Waals surface area contributed by atoms with Gasteiger partial charge in [-0.3, -0.25) is 0 Å². The zero-order chi connectivity index (χ0) is 10.4. The third-order valence-corrected chi connectivity index (χ3v) is 2.77. The predicted octanol–water partition coefficient (Wildman–Crippen LogP) is 0.821. The van der Waals surface area contributed by atoms with Gasteiger partial charge in [-0.25, -0.2) is 8.42 Å². The van der Waals surface area contributed by atoms with Crippen molar-refractivity contribution in [2.45, 2.75) is 6.54 Å². The van der Waals surface area contributed by atoms with E-state index in [1.54, 1.807) is 0 Å². The smallest absolute Gasteiger partial charge is 0.148 e. The SMILES string of the molecule is CS(=O)(=O)CCNCc1ccccc1. The third kappa shape index (κ3) is 4.99. The molecule has 0 bridgehead atoms. The molecule has 0 amide bonds. The molecule has 1 aromatic rings. The molecular formula is C10H15NO2S. The Morgan fingerprint density at radius 3 is 2.43 bits per heavy atom. The Bertz CT molecular complexity index is 359. The molecule has 0 unspecified atom stereocenters. The van der Waals surface area contributed by atoms with Crippen LogP contribution in [-0.4, -0.2) is 27.0 Å². The van der Waals surface area contributed by atoms with Gasteiger partial charge < -0.3 is 5.32 Å². The van der Waals surface area contributed by atoms with Crippen LogP contribution < -0.4 is 5.32 Å². The highest BCUT2D eigenvalue weighted by molar-refractivity contribution is 7.90. The van der Waals surface area contributed by atoms with Gasteiger partial charge in [0.25, 0.3) is 0 Å². The van der Waals surface area contributed by atoms with Gasteiger partial charge >= 0.3 is 0 Å². The monoisotopic (exact) mass is 213 g/mol. The van der Waals surface area contributed by atoms with Gasteiger partial charge in [-0.2, -0.15) is 0 Å². The second kappa shape index (κ2) is 5.12. The maximum absolute atomic E-state index is 10.8. The van der Waals surface area contributed by atoms with Crippen molar-refractivity contribution in [2.24, 2.45) is 0 Å². The van der Waals surface area contributed by atoms with Crippen LogP contribution in [0.25, 0.3) is 0 Å². The van der Waals surface area contributed by atoms with Crippen molar-refractivity contribution in [2.75, 3.05) is 18.6 Å². The summed E-state index contributed by atoms with van der Waals surface area (Å²) in [6.07, 6.45) is 1.25. The Balaban J connectivity index is 2.23. The lowest BCUT2D eigenvalue weighted by molar-refractivity contribution is 0.596. The summed E-state index contributed by atoms with van der Waals surface area (Å²) in [6.45, 7) is 1.23. The van der Waals surface area contributed by atoms with E-state index in [1.165, 1.54) is 11.8 Å². The van der Waals surface area contributed by atoms with Gasteiger partial charge in [0.1, 0.15) is 9.84 Å². The minimum Gasteiger partial charge on any atom is -0.312 e. The van der Waals surface area contributed by atoms with E-state index < -0.39 is 9.84 Å². The molecule has 1 N–H and O–H groups in total. The highest BCUT2D eigenvalue weighted by Crippen LogP contribution is 1.96. The van der Waals surface area contributed by atoms with E-state index in [9.17, 15) is 8.42 Å². The van der Waals surface area contributed by atoms with Gasteiger partial charge in [0.15, 0.2) is 0 Å². The minimum atomic E-state index is -2.84. The Labute approximate surface area is 85.1 Å². The molecule has 0 saturated carbocycles. The molecule has 0 spiro atoms. The van der Waals surface area contributed by atoms with Crippen molar-refractivity contribution in [3.8, 4) is 0 Å². The fourth-order valence-electron chi connectivity index (χ4n) is 1.09. The van der Waals surface area contributed by atoms with Crippen LogP contribution in [0.5, 0.6) is 0 Å². The minimum absolute atomic E-state index is 0.194. The predicted molar refractivity (Wildman–Crippen MR) is 57.9 cm³/mol. The molecule has 4 heteroatoms. The van der Waals surface area contributed by atoms with Crippen LogP contribution in [0.3, 0.4) is 0 Å². The van der Waals surface area contributed by atoms with Crippen molar-refractivity contribution in [1.29, 1.82) is 0 Å². The molecular weight excluding hydrogens is 198 g/mol. The molecule has 0 aliphatic heterocycles. The van der Waals surface area contributed by atoms with Crippen molar-refractivity contribution >= 4 is 9.84 Å². The first-order valence-corrected chi connectivity index (χ1v) is 6.56. The second-order valence-electron chi connectivity index (χ2n) is 3.29. The Morgan fingerprint density at radius 2 is 1.86 bits per heavy atom. The summed E-state index contributed by atoms with van der Waals surface area (Å²) >= 11 is 0. The summed E-state index contributed by atoms with van der Waals surface area (Å²) < 4.78 is 21.6. The maximum atomic E-state index is 10.8. The fourth-order valence-corrected chi connectivity index (χ4v) is 1.60. The number of hydrogen-bond donors (Lipinski definition) is 1. The normalized spacial score (nSPS) is 11.5. The van der Waals surface area contributed by atoms with Gasteiger partial charge in [0.2, 0.25) is 0 Å². The highest BCUT2D eigenvalue weighted by Gasteiger charge is 2.00. The quantitative estimate of drug-likeness (QED) is 0.737. The number of rotatable bonds is 5. The van der Waals surface area contributed by atoms with Crippen LogP contribution in [0.15, 0.2) is 30.3 Å². The summed E-state index contributed by atoms with van der Waals surface area (Å²) in [5, 5.41) is 3.08. The molecule has 14 heavy (non-hydrogen) atoms. The third-order valence-electron chi connectivity index (χ3n) is 1.82. The first-order valence-electron chi connectivity index (χ1n) is 4.50. The number of hydrogen-bond acceptors (Lipinski definition) is 3. The van der Waals surface area contributed by atoms with Crippen molar-refractivity contribution < 1.29 is 8.42 Å². The van der Waals surface area contributed by atoms with Crippen molar-refractivity contribution in [3.63, 3.8) is 0 Å². The van der Waals surface area contributed by atoms with Crippen molar-refractivity contribution in [3.05, 3.63) is 35.9 Å². The summed E-state index contributed by atoms with van der Waals surface area (Å²) in [5.41, 5.74) is 1.17. The summed E-state index contributed by atoms with van der Waals surface area (Å²) in [6, 6.07) is 9.90. The zero-order valence-corrected chi connectivity index (χ0v) is 9.05. The van der Waals surface area contributed by atoms with Crippen LogP contribution in [-0.2, 0) is 16.4 Å². The zero-order valence-electron chi connectivity index (χ0n) is 8.23. The van der Waals surface area contributed by atoms with Crippen molar-refractivity contribution in [1.82, 2.24) is 5.32 Å². The first-order chi connectivity index (χ1) is 6.58. The lowest BCUT2D eigenvalue weighted by Gasteiger charge is -2.03. The van der Waals surface area contributed by atoms with Gasteiger partial charge in [0.05, 0.1) is 5.75 Å². The summed E-state index contributed by atoms with van der Waals surface area (Å²) in [5.74, 6) is 0.194. The van der Waals surface area contributed by atoms with Crippen LogP contribution in [0.2, 0.25) is 0 Å². The number of sulfone groups is 1. The van der Waals surface area contributed by atoms with Gasteiger partial charge in [-0.15, -0.1) is 0 Å². The summed E-state index contributed by atoms with van der Waals surface area (Å²) in [4.78, 5) is 0. The Hall–Kier alpha value is -0.870. The largest absolute Gasteiger partial charge is 0.312 e. The molecule has 0 aliphatic rings. The lowest BCUT2D eigenvalue weighted by atomic mass is 10.2. The van der Waals surface area contributed by atoms with E-state index in [4.69, 9.17) is 0 Å². The van der Waals surface area contributed by atoms with Crippen LogP contribution >= 0.6 is 0 Å². The second-order valence-corrected chi connectivity index (χ2v) is 5.55. The Kier molecular flexibility index (Phi) is 4.10. The molecule has 3 nitrogen and oxygen atoms in total. The molecule has 1 rings (SSSR count). The van der Waals surface area contributed by atoms with E-state index in [2.05, 4.69) is 5.32 Å². The van der Waals surface area contributed by atoms with E-state index in [1.807, 2.05) is 30.3 Å². The van der Waals surface area contributed by atoms with E-state index in [0.29, 0.717) is 6.54 Å². The van der Waals surface area contributed by atoms with Crippen LogP contribution in [0.1, 0.15) is 5.56 Å². The van der Waals surface area contributed by atoms with E-state index in [0.717, 1.165) is 6.54 Å². The summed E-state index contributed by atoms with van der Waals surface area (Å²) in [7, 11) is -2.84. The van der Waals surface area contributed by atoms with Gasteiger partial charge in [0, 0.05) is 19.3 Å². The van der Waals surface area contributed by atoms with Crippen LogP contribution in [0.4, 0.5) is 0 Å². The van der Waals surface area contributed by atoms with E-state index >= 15 is 0 Å². The standard InChI is InChI=1S/C10H15NO2S/c1-14(12,13)8-7-11-9-10-5-3-2-4-6-10/h2-6,11H,7-9H2,1H3. The average molecular weight is 213 g/mol. The molecule has 78 valence electrons. The fraction of sp³-hybridized carbons (Fsp3) is 0.400. The molecule has 0 aliphatic carbocycles. The topological polar surface area (TPSA) is 46.2 Å². The van der Waals surface area contributed by atoms with Crippen LogP contribution in [0, 0.1) is 0 Å². The first kappa shape index (κ1) is 11.2. The molecule has 0 saturated heterocycles. The highest BCUT2D eigenvalue weighted by atomic mass is 32.2. The molecule has 0 aromatic heterocycles.